The summed E-state index contributed by atoms with van der Waals surface area (Å²) in [5.74, 6) is 0.579. The van der Waals surface area contributed by atoms with Gasteiger partial charge in [0.2, 0.25) is 5.90 Å². The molecule has 0 aliphatic carbocycles. The van der Waals surface area contributed by atoms with E-state index in [1.54, 1.807) is 0 Å². The van der Waals surface area contributed by atoms with Crippen LogP contribution in [-0.2, 0) is 4.74 Å². The third kappa shape index (κ3) is 3.26. The maximum absolute atomic E-state index is 6.45. The number of hydrogen-bond acceptors (Lipinski definition) is 3. The molecule has 0 saturated heterocycles. The van der Waals surface area contributed by atoms with Crippen molar-refractivity contribution in [1.82, 2.24) is 9.38 Å². The molecule has 0 spiro atoms. The second-order valence-corrected chi connectivity index (χ2v) is 7.88. The molecule has 0 N–H and O–H groups in total. The molecule has 0 saturated carbocycles. The van der Waals surface area contributed by atoms with Crippen LogP contribution in [0.25, 0.3) is 16.8 Å². The fourth-order valence-electron chi connectivity index (χ4n) is 4.29. The van der Waals surface area contributed by atoms with Gasteiger partial charge in [0.15, 0.2) is 6.10 Å². The molecule has 2 aromatic heterocycles. The smallest absolute Gasteiger partial charge is 0.238 e. The van der Waals surface area contributed by atoms with Crippen LogP contribution in [0.15, 0.2) is 121 Å². The molecule has 3 aromatic carbocycles. The van der Waals surface area contributed by atoms with Crippen molar-refractivity contribution in [3.63, 3.8) is 0 Å². The van der Waals surface area contributed by atoms with Crippen LogP contribution in [0.1, 0.15) is 29.0 Å². The van der Waals surface area contributed by atoms with Crippen molar-refractivity contribution in [2.75, 3.05) is 0 Å². The number of hydrogen-bond donors (Lipinski definition) is 0. The molecule has 0 unspecified atom stereocenters. The van der Waals surface area contributed by atoms with Crippen molar-refractivity contribution >= 4 is 11.5 Å². The molecule has 5 aromatic rings. The van der Waals surface area contributed by atoms with Gasteiger partial charge < -0.3 is 9.14 Å². The van der Waals surface area contributed by atoms with Crippen LogP contribution in [0.5, 0.6) is 0 Å². The van der Waals surface area contributed by atoms with Gasteiger partial charge in [0.1, 0.15) is 17.4 Å². The van der Waals surface area contributed by atoms with E-state index in [1.807, 2.05) is 77.5 Å². The van der Waals surface area contributed by atoms with Crippen molar-refractivity contribution in [3.8, 4) is 11.1 Å². The van der Waals surface area contributed by atoms with E-state index >= 15 is 0 Å². The van der Waals surface area contributed by atoms with Crippen molar-refractivity contribution in [3.05, 3.63) is 132 Å². The van der Waals surface area contributed by atoms with Gasteiger partial charge in [-0.05, 0) is 28.8 Å². The Morgan fingerprint density at radius 2 is 1.34 bits per heavy atom. The number of aliphatic imine (C=N–C) groups is 1. The van der Waals surface area contributed by atoms with Gasteiger partial charge in [0, 0.05) is 18.0 Å². The first-order chi connectivity index (χ1) is 15.9. The fraction of sp³-hybridized carbons (Fsp3) is 0.0714. The normalized spacial score (nSPS) is 17.8. The van der Waals surface area contributed by atoms with Crippen LogP contribution in [0.2, 0.25) is 0 Å². The molecule has 1 aliphatic rings. The van der Waals surface area contributed by atoms with Crippen molar-refractivity contribution in [2.24, 2.45) is 4.99 Å². The molecule has 4 nitrogen and oxygen atoms in total. The molecule has 0 fully saturated rings. The minimum Gasteiger partial charge on any atom is -0.465 e. The van der Waals surface area contributed by atoms with Crippen molar-refractivity contribution in [1.29, 1.82) is 0 Å². The molecule has 0 radical (unpaired) electrons. The number of rotatable bonds is 4. The van der Waals surface area contributed by atoms with Crippen LogP contribution in [-0.4, -0.2) is 15.3 Å². The van der Waals surface area contributed by atoms with E-state index in [0.717, 1.165) is 33.6 Å². The summed E-state index contributed by atoms with van der Waals surface area (Å²) in [5.41, 5.74) is 6.08. The predicted octanol–water partition coefficient (Wildman–Crippen LogP) is 6.26. The average molecular weight is 415 g/mol. The van der Waals surface area contributed by atoms with Crippen molar-refractivity contribution < 1.29 is 4.74 Å². The first kappa shape index (κ1) is 18.6. The molecule has 3 heterocycles. The van der Waals surface area contributed by atoms with Crippen LogP contribution in [0, 0.1) is 0 Å². The minimum atomic E-state index is -0.188. The van der Waals surface area contributed by atoms with Crippen LogP contribution in [0.4, 0.5) is 0 Å². The zero-order chi connectivity index (χ0) is 21.3. The Labute approximate surface area is 186 Å². The molecule has 0 bridgehead atoms. The van der Waals surface area contributed by atoms with Gasteiger partial charge in [0.25, 0.3) is 0 Å². The summed E-state index contributed by atoms with van der Waals surface area (Å²) in [7, 11) is 0. The standard InChI is InChI=1S/C28H21N3O/c1-4-11-20(12-5-1)23-17-10-18-31-19-24(29-27(23)31)28-30-25(21-13-6-2-7-14-21)26(32-28)22-15-8-3-9-16-22/h1-19,25-26H/t25-,26-/m1/s1. The SMILES string of the molecule is c1ccc(-c2cccn3cc(C4=N[C@H](c5ccccc5)[C@@H](c5ccccc5)O4)nc23)cc1. The Hall–Kier alpha value is -4.18. The van der Waals surface area contributed by atoms with E-state index in [2.05, 4.69) is 42.5 Å². The monoisotopic (exact) mass is 415 g/mol. The zero-order valence-electron chi connectivity index (χ0n) is 17.4. The molecule has 154 valence electrons. The molecule has 6 rings (SSSR count). The first-order valence-electron chi connectivity index (χ1n) is 10.7. The largest absolute Gasteiger partial charge is 0.465 e. The number of fused-ring (bicyclic) bond motifs is 1. The molecule has 1 aliphatic heterocycles. The van der Waals surface area contributed by atoms with Crippen LogP contribution in [0.3, 0.4) is 0 Å². The lowest BCUT2D eigenvalue weighted by molar-refractivity contribution is 0.196. The highest BCUT2D eigenvalue weighted by atomic mass is 16.5. The van der Waals surface area contributed by atoms with E-state index in [-0.39, 0.29) is 12.1 Å². The third-order valence-corrected chi connectivity index (χ3v) is 5.84. The van der Waals surface area contributed by atoms with E-state index in [0.29, 0.717) is 5.90 Å². The van der Waals surface area contributed by atoms with E-state index in [9.17, 15) is 0 Å². The number of benzene rings is 3. The number of imidazole rings is 1. The van der Waals surface area contributed by atoms with Gasteiger partial charge in [-0.15, -0.1) is 0 Å². The van der Waals surface area contributed by atoms with Crippen LogP contribution < -0.4 is 0 Å². The lowest BCUT2D eigenvalue weighted by atomic mass is 9.97. The lowest BCUT2D eigenvalue weighted by Gasteiger charge is -2.18. The highest BCUT2D eigenvalue weighted by Crippen LogP contribution is 2.41. The van der Waals surface area contributed by atoms with Crippen LogP contribution >= 0.6 is 0 Å². The van der Waals surface area contributed by atoms with Gasteiger partial charge in [0.05, 0.1) is 0 Å². The molecule has 0 amide bonds. The molecule has 2 atom stereocenters. The predicted molar refractivity (Wildman–Crippen MR) is 127 cm³/mol. The second kappa shape index (κ2) is 7.82. The summed E-state index contributed by atoms with van der Waals surface area (Å²) in [4.78, 5) is 9.94. The Kier molecular flexibility index (Phi) is 4.54. The van der Waals surface area contributed by atoms with E-state index in [4.69, 9.17) is 14.7 Å². The fourth-order valence-corrected chi connectivity index (χ4v) is 4.29. The highest BCUT2D eigenvalue weighted by Gasteiger charge is 2.35. The summed E-state index contributed by atoms with van der Waals surface area (Å²) in [6.45, 7) is 0. The quantitative estimate of drug-likeness (QED) is 0.347. The minimum absolute atomic E-state index is 0.119. The Morgan fingerprint density at radius 1 is 0.688 bits per heavy atom. The Balaban J connectivity index is 1.44. The third-order valence-electron chi connectivity index (χ3n) is 5.84. The molecule has 32 heavy (non-hydrogen) atoms. The summed E-state index contributed by atoms with van der Waals surface area (Å²) < 4.78 is 8.49. The molecular weight excluding hydrogens is 394 g/mol. The van der Waals surface area contributed by atoms with Gasteiger partial charge >= 0.3 is 0 Å². The number of nitrogens with zero attached hydrogens (tertiary/aromatic N) is 3. The van der Waals surface area contributed by atoms with E-state index in [1.165, 1.54) is 0 Å². The van der Waals surface area contributed by atoms with Gasteiger partial charge in [-0.3, -0.25) is 0 Å². The van der Waals surface area contributed by atoms with Gasteiger partial charge in [-0.1, -0.05) is 91.0 Å². The second-order valence-electron chi connectivity index (χ2n) is 7.88. The number of ether oxygens (including phenoxy) is 1. The number of aromatic nitrogens is 2. The number of pyridine rings is 1. The summed E-state index contributed by atoms with van der Waals surface area (Å²) in [6, 6.07) is 34.9. The summed E-state index contributed by atoms with van der Waals surface area (Å²) >= 11 is 0. The Morgan fingerprint density at radius 3 is 2.06 bits per heavy atom. The zero-order valence-corrected chi connectivity index (χ0v) is 17.4. The molecular formula is C28H21N3O. The summed E-state index contributed by atoms with van der Waals surface area (Å²) in [5, 5.41) is 0. The maximum atomic E-state index is 6.45. The Bertz CT molecular complexity index is 1390. The summed E-state index contributed by atoms with van der Waals surface area (Å²) in [6.07, 6.45) is 3.82. The lowest BCUT2D eigenvalue weighted by Crippen LogP contribution is -2.09. The van der Waals surface area contributed by atoms with Gasteiger partial charge in [-0.2, -0.15) is 0 Å². The average Bonchev–Trinajstić information content (AvgIpc) is 3.50. The maximum Gasteiger partial charge on any atom is 0.238 e. The topological polar surface area (TPSA) is 38.9 Å². The molecule has 4 heteroatoms. The van der Waals surface area contributed by atoms with E-state index < -0.39 is 0 Å². The highest BCUT2D eigenvalue weighted by molar-refractivity contribution is 5.95. The van der Waals surface area contributed by atoms with Gasteiger partial charge in [-0.25, -0.2) is 9.98 Å². The first-order valence-corrected chi connectivity index (χ1v) is 10.7. The van der Waals surface area contributed by atoms with Crippen molar-refractivity contribution in [2.45, 2.75) is 12.1 Å².